The lowest BCUT2D eigenvalue weighted by Crippen LogP contribution is -2.15. The molecule has 0 fully saturated rings. The molecule has 0 aliphatic rings. The first-order valence-corrected chi connectivity index (χ1v) is 4.87. The van der Waals surface area contributed by atoms with Crippen LogP contribution in [0.4, 0.5) is 0 Å². The summed E-state index contributed by atoms with van der Waals surface area (Å²) in [6, 6.07) is 0. The molecule has 0 atom stereocenters. The molecule has 15 heavy (non-hydrogen) atoms. The molecule has 0 aliphatic heterocycles. The number of H-pyrrole nitrogens is 1. The molecule has 2 N–H and O–H groups in total. The number of hydrogen-bond acceptors (Lipinski definition) is 4. The number of hydrogen-bond donors (Lipinski definition) is 2. The minimum atomic E-state index is -0.308. The highest BCUT2D eigenvalue weighted by Gasteiger charge is 2.12. The molecule has 0 unspecified atom stereocenters. The monoisotopic (exact) mass is 208 g/mol. The van der Waals surface area contributed by atoms with Crippen LogP contribution in [0.1, 0.15) is 25.2 Å². The summed E-state index contributed by atoms with van der Waals surface area (Å²) in [5.41, 5.74) is 0.0209. The van der Waals surface area contributed by atoms with Gasteiger partial charge >= 0.3 is 0 Å². The number of aromatic amines is 1. The molecule has 6 heteroatoms. The topological polar surface area (TPSA) is 83.3 Å². The van der Waals surface area contributed by atoms with Gasteiger partial charge in [-0.15, -0.1) is 5.10 Å². The van der Waals surface area contributed by atoms with E-state index in [4.69, 9.17) is 0 Å². The summed E-state index contributed by atoms with van der Waals surface area (Å²) in [4.78, 5) is 18.1. The quantitative estimate of drug-likeness (QED) is 0.741. The third-order valence-corrected chi connectivity index (χ3v) is 2.29. The molecule has 2 aromatic rings. The molecule has 0 spiro atoms. The van der Waals surface area contributed by atoms with E-state index in [1.54, 1.807) is 6.92 Å². The van der Waals surface area contributed by atoms with Crippen LogP contribution in [0, 0.1) is 0 Å². The number of nitrogens with zero attached hydrogens (tertiary/aromatic N) is 3. The molecular weight excluding hydrogens is 196 g/mol. The van der Waals surface area contributed by atoms with Gasteiger partial charge in [-0.05, 0) is 6.42 Å². The molecule has 2 rings (SSSR count). The van der Waals surface area contributed by atoms with Crippen LogP contribution in [-0.2, 0) is 12.8 Å². The van der Waals surface area contributed by atoms with Crippen molar-refractivity contribution in [3.05, 3.63) is 21.7 Å². The Labute approximate surface area is 85.6 Å². The molecule has 0 saturated carbocycles. The van der Waals surface area contributed by atoms with Crippen LogP contribution in [0.2, 0.25) is 0 Å². The van der Waals surface area contributed by atoms with Gasteiger partial charge in [-0.3, -0.25) is 9.78 Å². The summed E-state index contributed by atoms with van der Waals surface area (Å²) in [7, 11) is 0. The fourth-order valence-corrected chi connectivity index (χ4v) is 1.46. The normalized spacial score (nSPS) is 11.1. The first-order valence-electron chi connectivity index (χ1n) is 4.87. The number of aryl methyl sites for hydroxylation is 1. The lowest BCUT2D eigenvalue weighted by molar-refractivity contribution is 0.426. The van der Waals surface area contributed by atoms with Crippen molar-refractivity contribution >= 4 is 5.78 Å². The smallest absolute Gasteiger partial charge is 0.259 e. The maximum atomic E-state index is 11.5. The average molecular weight is 208 g/mol. The van der Waals surface area contributed by atoms with Gasteiger partial charge in [0, 0.05) is 6.42 Å². The first kappa shape index (κ1) is 9.70. The van der Waals surface area contributed by atoms with E-state index in [2.05, 4.69) is 15.1 Å². The zero-order valence-electron chi connectivity index (χ0n) is 8.61. The van der Waals surface area contributed by atoms with E-state index in [0.717, 1.165) is 0 Å². The minimum Gasteiger partial charge on any atom is -0.493 e. The Morgan fingerprint density at radius 2 is 2.13 bits per heavy atom. The van der Waals surface area contributed by atoms with Crippen LogP contribution in [0.3, 0.4) is 0 Å². The highest BCUT2D eigenvalue weighted by Crippen LogP contribution is 2.13. The fraction of sp³-hybridized carbons (Fsp3) is 0.444. The standard InChI is InChI=1S/C9H12N4O2/c1-3-5-7(14)11-9-10-6(4-2)12-13(9)8(5)15/h15H,3-4H2,1-2H3,(H,10,11,12,14). The number of aromatic nitrogens is 4. The summed E-state index contributed by atoms with van der Waals surface area (Å²) in [6.45, 7) is 3.71. The molecule has 2 aromatic heterocycles. The maximum Gasteiger partial charge on any atom is 0.259 e. The van der Waals surface area contributed by atoms with Crippen molar-refractivity contribution in [3.63, 3.8) is 0 Å². The van der Waals surface area contributed by atoms with E-state index < -0.39 is 0 Å². The summed E-state index contributed by atoms with van der Waals surface area (Å²) in [5.74, 6) is 0.754. The van der Waals surface area contributed by atoms with Crippen LogP contribution in [0.5, 0.6) is 5.88 Å². The second kappa shape index (κ2) is 3.38. The van der Waals surface area contributed by atoms with Crippen LogP contribution in [0.25, 0.3) is 5.78 Å². The summed E-state index contributed by atoms with van der Waals surface area (Å²) >= 11 is 0. The second-order valence-corrected chi connectivity index (χ2v) is 3.23. The van der Waals surface area contributed by atoms with Gasteiger partial charge < -0.3 is 5.11 Å². The number of nitrogens with one attached hydrogen (secondary N) is 1. The Bertz CT molecular complexity index is 555. The van der Waals surface area contributed by atoms with Crippen LogP contribution < -0.4 is 5.56 Å². The van der Waals surface area contributed by atoms with E-state index in [-0.39, 0.29) is 17.2 Å². The Morgan fingerprint density at radius 1 is 1.40 bits per heavy atom. The molecule has 6 nitrogen and oxygen atoms in total. The second-order valence-electron chi connectivity index (χ2n) is 3.23. The van der Waals surface area contributed by atoms with E-state index in [1.807, 2.05) is 6.92 Å². The van der Waals surface area contributed by atoms with Crippen molar-refractivity contribution in [3.8, 4) is 5.88 Å². The SMILES string of the molecule is CCc1nc2[nH]c(=O)c(CC)c(O)n2n1. The molecule has 0 saturated heterocycles. The predicted molar refractivity (Wildman–Crippen MR) is 54.0 cm³/mol. The molecule has 0 amide bonds. The largest absolute Gasteiger partial charge is 0.493 e. The van der Waals surface area contributed by atoms with Gasteiger partial charge in [0.25, 0.3) is 5.56 Å². The van der Waals surface area contributed by atoms with Crippen molar-refractivity contribution in [2.75, 3.05) is 0 Å². The van der Waals surface area contributed by atoms with Crippen LogP contribution in [0.15, 0.2) is 4.79 Å². The van der Waals surface area contributed by atoms with Gasteiger partial charge in [0.1, 0.15) is 0 Å². The highest BCUT2D eigenvalue weighted by molar-refractivity contribution is 5.35. The summed E-state index contributed by atoms with van der Waals surface area (Å²) in [6.07, 6.45) is 1.11. The van der Waals surface area contributed by atoms with Gasteiger partial charge in [0.05, 0.1) is 5.56 Å². The zero-order chi connectivity index (χ0) is 11.0. The van der Waals surface area contributed by atoms with E-state index >= 15 is 0 Å². The van der Waals surface area contributed by atoms with Gasteiger partial charge in [-0.1, -0.05) is 13.8 Å². The van der Waals surface area contributed by atoms with E-state index in [9.17, 15) is 9.90 Å². The average Bonchev–Trinajstić information content (AvgIpc) is 2.61. The Morgan fingerprint density at radius 3 is 2.73 bits per heavy atom. The molecule has 0 radical (unpaired) electrons. The Kier molecular flexibility index (Phi) is 2.18. The van der Waals surface area contributed by atoms with Gasteiger partial charge in [-0.2, -0.15) is 9.50 Å². The van der Waals surface area contributed by atoms with Gasteiger partial charge in [0.2, 0.25) is 11.7 Å². The number of fused-ring (bicyclic) bond motifs is 1. The van der Waals surface area contributed by atoms with E-state index in [1.165, 1.54) is 4.52 Å². The maximum absolute atomic E-state index is 11.5. The molecule has 0 aliphatic carbocycles. The lowest BCUT2D eigenvalue weighted by atomic mass is 10.2. The minimum absolute atomic E-state index is 0.122. The fourth-order valence-electron chi connectivity index (χ4n) is 1.46. The Balaban J connectivity index is 2.82. The number of aromatic hydroxyl groups is 1. The highest BCUT2D eigenvalue weighted by atomic mass is 16.3. The molecule has 80 valence electrons. The van der Waals surface area contributed by atoms with Crippen molar-refractivity contribution in [2.45, 2.75) is 26.7 Å². The van der Waals surface area contributed by atoms with Crippen molar-refractivity contribution in [1.29, 1.82) is 0 Å². The lowest BCUT2D eigenvalue weighted by Gasteiger charge is -2.00. The van der Waals surface area contributed by atoms with E-state index in [0.29, 0.717) is 24.2 Å². The van der Waals surface area contributed by atoms with Gasteiger partial charge in [-0.25, -0.2) is 0 Å². The van der Waals surface area contributed by atoms with Crippen molar-refractivity contribution < 1.29 is 5.11 Å². The first-order chi connectivity index (χ1) is 7.17. The molecule has 0 aromatic carbocycles. The molecule has 2 heterocycles. The summed E-state index contributed by atoms with van der Waals surface area (Å²) < 4.78 is 1.26. The predicted octanol–water partition coefficient (Wildman–Crippen LogP) is 0.248. The molecule has 0 bridgehead atoms. The zero-order valence-corrected chi connectivity index (χ0v) is 8.61. The van der Waals surface area contributed by atoms with Crippen LogP contribution in [-0.4, -0.2) is 24.7 Å². The van der Waals surface area contributed by atoms with Crippen molar-refractivity contribution in [1.82, 2.24) is 19.6 Å². The molecular formula is C9H12N4O2. The van der Waals surface area contributed by atoms with Gasteiger partial charge in [0.15, 0.2) is 5.82 Å². The Hall–Kier alpha value is -1.85. The van der Waals surface area contributed by atoms with Crippen molar-refractivity contribution in [2.24, 2.45) is 0 Å². The number of rotatable bonds is 2. The van der Waals surface area contributed by atoms with Crippen LogP contribution >= 0.6 is 0 Å². The third-order valence-electron chi connectivity index (χ3n) is 2.29. The third kappa shape index (κ3) is 1.38. The summed E-state index contributed by atoms with van der Waals surface area (Å²) in [5, 5.41) is 13.8.